The Morgan fingerprint density at radius 1 is 1.29 bits per heavy atom. The first-order valence-corrected chi connectivity index (χ1v) is 5.42. The number of hydrogen-bond donors (Lipinski definition) is 1. The smallest absolute Gasteiger partial charge is 0.222 e. The van der Waals surface area contributed by atoms with Crippen molar-refractivity contribution in [1.29, 1.82) is 0 Å². The Morgan fingerprint density at radius 3 is 2.36 bits per heavy atom. The summed E-state index contributed by atoms with van der Waals surface area (Å²) in [5.41, 5.74) is 0.658. The maximum atomic E-state index is 11.5. The Kier molecular flexibility index (Phi) is 4.17. The molecule has 1 aromatic carbocycles. The van der Waals surface area contributed by atoms with E-state index in [2.05, 4.69) is 0 Å². The maximum absolute atomic E-state index is 11.5. The lowest BCUT2D eigenvalue weighted by Crippen LogP contribution is -2.10. The van der Waals surface area contributed by atoms with Crippen molar-refractivity contribution in [3.8, 4) is 0 Å². The molecule has 0 saturated heterocycles. The highest BCUT2D eigenvalue weighted by atomic mass is 32.2. The molecule has 0 radical (unpaired) electrons. The molecule has 0 saturated carbocycles. The molecule has 14 heavy (non-hydrogen) atoms. The number of aliphatic hydroxyl groups is 1. The summed E-state index contributed by atoms with van der Waals surface area (Å²) in [5, 5.41) is 9.69. The van der Waals surface area contributed by atoms with Crippen LogP contribution in [0.4, 0.5) is 0 Å². The van der Waals surface area contributed by atoms with Gasteiger partial charge in [-0.2, -0.15) is 0 Å². The van der Waals surface area contributed by atoms with Crippen LogP contribution in [-0.4, -0.2) is 15.5 Å². The molecule has 0 amide bonds. The lowest BCUT2D eigenvalue weighted by Gasteiger charge is -2.10. The van der Waals surface area contributed by atoms with Crippen molar-refractivity contribution in [3.63, 3.8) is 0 Å². The van der Waals surface area contributed by atoms with Crippen molar-refractivity contribution >= 4 is 16.9 Å². The fourth-order valence-electron chi connectivity index (χ4n) is 1.07. The second-order valence-electron chi connectivity index (χ2n) is 3.30. The summed E-state index contributed by atoms with van der Waals surface area (Å²) in [6, 6.07) is 8.99. The zero-order chi connectivity index (χ0) is 10.6. The molecule has 0 fully saturated rings. The van der Waals surface area contributed by atoms with E-state index in [0.29, 0.717) is 5.56 Å². The van der Waals surface area contributed by atoms with E-state index in [0.717, 1.165) is 0 Å². The van der Waals surface area contributed by atoms with Crippen LogP contribution in [0, 0.1) is 0 Å². The summed E-state index contributed by atoms with van der Waals surface area (Å²) in [7, 11) is 0. The SMILES string of the molecule is CC(C)SC(=O)[C@H](O)c1ccccc1. The molecule has 0 aliphatic rings. The number of rotatable bonds is 3. The third-order valence-electron chi connectivity index (χ3n) is 1.69. The molecule has 0 aliphatic carbocycles. The van der Waals surface area contributed by atoms with Gasteiger partial charge in [0.05, 0.1) is 0 Å². The minimum atomic E-state index is -0.997. The second kappa shape index (κ2) is 5.17. The number of carbonyl (C=O) groups is 1. The molecule has 76 valence electrons. The largest absolute Gasteiger partial charge is 0.380 e. The minimum absolute atomic E-state index is 0.189. The Hall–Kier alpha value is -0.800. The Morgan fingerprint density at radius 2 is 1.86 bits per heavy atom. The number of carbonyl (C=O) groups excluding carboxylic acids is 1. The summed E-state index contributed by atoms with van der Waals surface area (Å²) in [4.78, 5) is 11.5. The Bertz CT molecular complexity index is 295. The molecular formula is C11H14O2S. The average molecular weight is 210 g/mol. The zero-order valence-corrected chi connectivity index (χ0v) is 9.12. The second-order valence-corrected chi connectivity index (χ2v) is 4.88. The molecule has 1 aromatic rings. The third kappa shape index (κ3) is 3.16. The first-order chi connectivity index (χ1) is 6.61. The van der Waals surface area contributed by atoms with Gasteiger partial charge in [-0.05, 0) is 5.56 Å². The molecule has 2 nitrogen and oxygen atoms in total. The van der Waals surface area contributed by atoms with Gasteiger partial charge < -0.3 is 5.11 Å². The Balaban J connectivity index is 2.66. The van der Waals surface area contributed by atoms with Crippen molar-refractivity contribution in [3.05, 3.63) is 35.9 Å². The molecule has 3 heteroatoms. The molecule has 0 aromatic heterocycles. The van der Waals surface area contributed by atoms with E-state index in [1.54, 1.807) is 12.1 Å². The molecule has 0 unspecified atom stereocenters. The topological polar surface area (TPSA) is 37.3 Å². The summed E-state index contributed by atoms with van der Waals surface area (Å²) in [6.45, 7) is 3.86. The van der Waals surface area contributed by atoms with Gasteiger partial charge in [-0.1, -0.05) is 55.9 Å². The third-order valence-corrected chi connectivity index (χ3v) is 2.62. The predicted molar refractivity (Wildman–Crippen MR) is 59.1 cm³/mol. The number of aliphatic hydroxyl groups excluding tert-OH is 1. The maximum Gasteiger partial charge on any atom is 0.222 e. The van der Waals surface area contributed by atoms with Gasteiger partial charge in [-0.15, -0.1) is 0 Å². The standard InChI is InChI=1S/C11H14O2S/c1-8(2)14-11(13)10(12)9-6-4-3-5-7-9/h3-8,10,12H,1-2H3/t10-/m1/s1. The number of hydrogen-bond acceptors (Lipinski definition) is 3. The number of benzene rings is 1. The fraction of sp³-hybridized carbons (Fsp3) is 0.364. The van der Waals surface area contributed by atoms with Crippen LogP contribution in [-0.2, 0) is 4.79 Å². The fourth-order valence-corrected chi connectivity index (χ4v) is 1.80. The molecule has 0 heterocycles. The summed E-state index contributed by atoms with van der Waals surface area (Å²) < 4.78 is 0. The lowest BCUT2D eigenvalue weighted by atomic mass is 10.1. The van der Waals surface area contributed by atoms with E-state index in [9.17, 15) is 9.90 Å². The highest BCUT2D eigenvalue weighted by Crippen LogP contribution is 2.22. The lowest BCUT2D eigenvalue weighted by molar-refractivity contribution is -0.118. The van der Waals surface area contributed by atoms with Crippen molar-refractivity contribution in [1.82, 2.24) is 0 Å². The van der Waals surface area contributed by atoms with Gasteiger partial charge in [0.1, 0.15) is 6.10 Å². The van der Waals surface area contributed by atoms with E-state index in [4.69, 9.17) is 0 Å². The number of thioether (sulfide) groups is 1. The van der Waals surface area contributed by atoms with Crippen molar-refractivity contribution < 1.29 is 9.90 Å². The van der Waals surface area contributed by atoms with Gasteiger partial charge >= 0.3 is 0 Å². The van der Waals surface area contributed by atoms with E-state index in [1.165, 1.54) is 11.8 Å². The van der Waals surface area contributed by atoms with Gasteiger partial charge in [0.2, 0.25) is 5.12 Å². The van der Waals surface area contributed by atoms with Gasteiger partial charge in [0.15, 0.2) is 0 Å². The van der Waals surface area contributed by atoms with Crippen LogP contribution in [0.3, 0.4) is 0 Å². The van der Waals surface area contributed by atoms with Crippen LogP contribution >= 0.6 is 11.8 Å². The predicted octanol–water partition coefficient (Wildman–Crippen LogP) is 2.39. The first-order valence-electron chi connectivity index (χ1n) is 4.54. The highest BCUT2D eigenvalue weighted by Gasteiger charge is 2.18. The van der Waals surface area contributed by atoms with Crippen LogP contribution in [0.25, 0.3) is 0 Å². The van der Waals surface area contributed by atoms with Crippen LogP contribution < -0.4 is 0 Å². The van der Waals surface area contributed by atoms with E-state index in [1.807, 2.05) is 32.0 Å². The molecular weight excluding hydrogens is 196 g/mol. The molecule has 0 aliphatic heterocycles. The minimum Gasteiger partial charge on any atom is -0.380 e. The van der Waals surface area contributed by atoms with Crippen LogP contribution in [0.5, 0.6) is 0 Å². The summed E-state index contributed by atoms with van der Waals surface area (Å²) in [6.07, 6.45) is -0.997. The quantitative estimate of drug-likeness (QED) is 0.832. The molecule has 0 bridgehead atoms. The zero-order valence-electron chi connectivity index (χ0n) is 8.31. The highest BCUT2D eigenvalue weighted by molar-refractivity contribution is 8.14. The van der Waals surface area contributed by atoms with Crippen molar-refractivity contribution in [2.24, 2.45) is 0 Å². The van der Waals surface area contributed by atoms with Gasteiger partial charge in [-0.3, -0.25) is 4.79 Å². The van der Waals surface area contributed by atoms with E-state index in [-0.39, 0.29) is 10.4 Å². The molecule has 1 rings (SSSR count). The van der Waals surface area contributed by atoms with Crippen LogP contribution in [0.15, 0.2) is 30.3 Å². The molecule has 1 atom stereocenters. The van der Waals surface area contributed by atoms with Crippen LogP contribution in [0.1, 0.15) is 25.5 Å². The first kappa shape index (κ1) is 11.3. The normalized spacial score (nSPS) is 12.9. The Labute approximate surface area is 88.3 Å². The monoisotopic (exact) mass is 210 g/mol. The average Bonchev–Trinajstić information content (AvgIpc) is 2.17. The van der Waals surface area contributed by atoms with Gasteiger partial charge in [-0.25, -0.2) is 0 Å². The van der Waals surface area contributed by atoms with Crippen molar-refractivity contribution in [2.75, 3.05) is 0 Å². The van der Waals surface area contributed by atoms with E-state index < -0.39 is 6.10 Å². The molecule has 1 N–H and O–H groups in total. The van der Waals surface area contributed by atoms with Crippen LogP contribution in [0.2, 0.25) is 0 Å². The summed E-state index contributed by atoms with van der Waals surface area (Å²) >= 11 is 1.17. The van der Waals surface area contributed by atoms with Crippen molar-refractivity contribution in [2.45, 2.75) is 25.2 Å². The van der Waals surface area contributed by atoms with Gasteiger partial charge in [0.25, 0.3) is 0 Å². The van der Waals surface area contributed by atoms with E-state index >= 15 is 0 Å². The molecule has 0 spiro atoms. The van der Waals surface area contributed by atoms with Gasteiger partial charge in [0, 0.05) is 5.25 Å². The summed E-state index contributed by atoms with van der Waals surface area (Å²) in [5.74, 6) is 0.